The summed E-state index contributed by atoms with van der Waals surface area (Å²) in [6, 6.07) is 14.4. The van der Waals surface area contributed by atoms with Gasteiger partial charge in [0.2, 0.25) is 5.91 Å². The summed E-state index contributed by atoms with van der Waals surface area (Å²) < 4.78 is 0. The van der Waals surface area contributed by atoms with E-state index in [1.165, 1.54) is 23.7 Å². The molecule has 0 spiro atoms. The zero-order chi connectivity index (χ0) is 21.1. The van der Waals surface area contributed by atoms with E-state index in [0.717, 1.165) is 11.1 Å². The molecular weight excluding hydrogens is 429 g/mol. The zero-order valence-electron chi connectivity index (χ0n) is 15.7. The number of nitrogens with zero attached hydrogens (tertiary/aromatic N) is 2. The molecule has 1 aliphatic heterocycles. The van der Waals surface area contributed by atoms with Gasteiger partial charge in [0.25, 0.3) is 5.91 Å². The Morgan fingerprint density at radius 2 is 1.93 bits per heavy atom. The molecule has 0 radical (unpaired) electrons. The second-order valence-electron chi connectivity index (χ2n) is 6.43. The van der Waals surface area contributed by atoms with Crippen LogP contribution in [-0.2, 0) is 16.0 Å². The third-order valence-corrected chi connectivity index (χ3v) is 6.29. The molecule has 3 rings (SSSR count). The molecule has 29 heavy (non-hydrogen) atoms. The normalized spacial score (nSPS) is 17.8. The maximum absolute atomic E-state index is 13.3. The predicted molar refractivity (Wildman–Crippen MR) is 117 cm³/mol. The lowest BCUT2D eigenvalue weighted by atomic mass is 10.1. The number of likely N-dealkylation sites (N-methyl/N-ethyl adjacent to an activating group) is 1. The molecule has 0 bridgehead atoms. The van der Waals surface area contributed by atoms with Crippen molar-refractivity contribution in [3.05, 3.63) is 74.2 Å². The van der Waals surface area contributed by atoms with Gasteiger partial charge in [0.1, 0.15) is 16.7 Å². The van der Waals surface area contributed by atoms with Gasteiger partial charge in [-0.1, -0.05) is 58.7 Å². The second-order valence-corrected chi connectivity index (χ2v) is 8.46. The highest BCUT2D eigenvalue weighted by Crippen LogP contribution is 2.42. The highest BCUT2D eigenvalue weighted by atomic mass is 35.5. The first-order valence-electron chi connectivity index (χ1n) is 8.73. The minimum Gasteiger partial charge on any atom is -0.354 e. The van der Waals surface area contributed by atoms with E-state index in [1.54, 1.807) is 30.3 Å². The molecule has 1 aliphatic rings. The van der Waals surface area contributed by atoms with Gasteiger partial charge in [-0.05, 0) is 43.2 Å². The van der Waals surface area contributed by atoms with Gasteiger partial charge in [-0.2, -0.15) is 5.26 Å². The lowest BCUT2D eigenvalue weighted by molar-refractivity contribution is -0.117. The van der Waals surface area contributed by atoms with E-state index in [2.05, 4.69) is 5.32 Å². The van der Waals surface area contributed by atoms with Crippen molar-refractivity contribution < 1.29 is 9.59 Å². The molecule has 1 saturated heterocycles. The Labute approximate surface area is 183 Å². The molecule has 2 aromatic rings. The van der Waals surface area contributed by atoms with Crippen molar-refractivity contribution in [2.75, 3.05) is 11.9 Å². The van der Waals surface area contributed by atoms with Crippen molar-refractivity contribution in [1.29, 1.82) is 5.26 Å². The topological polar surface area (TPSA) is 73.2 Å². The third-order valence-electron chi connectivity index (χ3n) is 4.45. The summed E-state index contributed by atoms with van der Waals surface area (Å²) in [6.07, 6.45) is 0.345. The average Bonchev–Trinajstić information content (AvgIpc) is 3.01. The molecule has 2 aromatic carbocycles. The van der Waals surface area contributed by atoms with E-state index in [-0.39, 0.29) is 11.5 Å². The molecule has 5 nitrogen and oxygen atoms in total. The first-order chi connectivity index (χ1) is 13.8. The molecule has 0 aliphatic carbocycles. The summed E-state index contributed by atoms with van der Waals surface area (Å²) in [5.41, 5.74) is 2.31. The number of nitrogens with one attached hydrogen (secondary N) is 1. The molecule has 0 unspecified atom stereocenters. The van der Waals surface area contributed by atoms with E-state index in [1.807, 2.05) is 25.1 Å². The van der Waals surface area contributed by atoms with Crippen LogP contribution in [0.4, 0.5) is 5.69 Å². The van der Waals surface area contributed by atoms with Gasteiger partial charge in [0.05, 0.1) is 5.25 Å². The first-order valence-corrected chi connectivity index (χ1v) is 10.4. The minimum atomic E-state index is -0.537. The summed E-state index contributed by atoms with van der Waals surface area (Å²) >= 11 is 13.4. The monoisotopic (exact) mass is 445 g/mol. The Hall–Kier alpha value is -2.46. The van der Waals surface area contributed by atoms with Crippen molar-refractivity contribution >= 4 is 52.5 Å². The van der Waals surface area contributed by atoms with Crippen LogP contribution in [0.25, 0.3) is 0 Å². The summed E-state index contributed by atoms with van der Waals surface area (Å²) in [5, 5.41) is 12.8. The van der Waals surface area contributed by atoms with Crippen LogP contribution in [0.2, 0.25) is 10.0 Å². The smallest absolute Gasteiger partial charge is 0.264 e. The van der Waals surface area contributed by atoms with Crippen molar-refractivity contribution in [2.45, 2.75) is 18.6 Å². The van der Waals surface area contributed by atoms with E-state index in [0.29, 0.717) is 27.2 Å². The number of rotatable bonds is 4. The molecular formula is C21H17Cl2N3O2S. The Morgan fingerprint density at radius 1 is 1.24 bits per heavy atom. The highest BCUT2D eigenvalue weighted by Gasteiger charge is 2.40. The quantitative estimate of drug-likeness (QED) is 0.556. The molecule has 1 N–H and O–H groups in total. The SMILES string of the molecule is CNC(=O)/C(C#N)=C1\S[C@@H](Cc2ccc(Cl)cc2Cl)C(=O)N1c1ccc(C)cc1. The molecule has 0 aromatic heterocycles. The Morgan fingerprint density at radius 3 is 2.52 bits per heavy atom. The molecule has 8 heteroatoms. The highest BCUT2D eigenvalue weighted by molar-refractivity contribution is 8.05. The zero-order valence-corrected chi connectivity index (χ0v) is 18.0. The number of amides is 2. The number of aryl methyl sites for hydroxylation is 1. The lowest BCUT2D eigenvalue weighted by Gasteiger charge is -2.18. The minimum absolute atomic E-state index is 0.101. The van der Waals surface area contributed by atoms with Crippen LogP contribution in [0, 0.1) is 18.3 Å². The van der Waals surface area contributed by atoms with Crippen LogP contribution >= 0.6 is 35.0 Å². The van der Waals surface area contributed by atoms with Gasteiger partial charge in [-0.3, -0.25) is 14.5 Å². The van der Waals surface area contributed by atoms with E-state index in [4.69, 9.17) is 23.2 Å². The summed E-state index contributed by atoms with van der Waals surface area (Å²) in [5.74, 6) is -0.749. The number of hydrogen-bond donors (Lipinski definition) is 1. The van der Waals surface area contributed by atoms with Crippen LogP contribution < -0.4 is 10.2 Å². The fourth-order valence-corrected chi connectivity index (χ4v) is 4.71. The largest absolute Gasteiger partial charge is 0.354 e. The number of anilines is 1. The van der Waals surface area contributed by atoms with Gasteiger partial charge in [-0.15, -0.1) is 0 Å². The summed E-state index contributed by atoms with van der Waals surface area (Å²) in [6.45, 7) is 1.94. The lowest BCUT2D eigenvalue weighted by Crippen LogP contribution is -2.31. The molecule has 2 amide bonds. The van der Waals surface area contributed by atoms with Crippen molar-refractivity contribution in [3.63, 3.8) is 0 Å². The number of nitriles is 1. The maximum atomic E-state index is 13.3. The maximum Gasteiger partial charge on any atom is 0.264 e. The van der Waals surface area contributed by atoms with Crippen LogP contribution in [-0.4, -0.2) is 24.1 Å². The van der Waals surface area contributed by atoms with Crippen LogP contribution in [0.15, 0.2) is 53.1 Å². The van der Waals surface area contributed by atoms with Gasteiger partial charge in [0.15, 0.2) is 0 Å². The fourth-order valence-electron chi connectivity index (χ4n) is 2.93. The summed E-state index contributed by atoms with van der Waals surface area (Å²) in [4.78, 5) is 27.0. The van der Waals surface area contributed by atoms with E-state index in [9.17, 15) is 14.9 Å². The Balaban J connectivity index is 2.05. The van der Waals surface area contributed by atoms with Gasteiger partial charge in [0, 0.05) is 22.8 Å². The number of carbonyl (C=O) groups is 2. The number of carbonyl (C=O) groups excluding carboxylic acids is 2. The second kappa shape index (κ2) is 8.91. The average molecular weight is 446 g/mol. The summed E-state index contributed by atoms with van der Waals surface area (Å²) in [7, 11) is 1.45. The van der Waals surface area contributed by atoms with Gasteiger partial charge < -0.3 is 5.32 Å². The number of halogens is 2. The first kappa shape index (κ1) is 21.3. The number of thioether (sulfide) groups is 1. The van der Waals surface area contributed by atoms with Crippen molar-refractivity contribution in [3.8, 4) is 6.07 Å². The number of hydrogen-bond acceptors (Lipinski definition) is 4. The predicted octanol–water partition coefficient (Wildman–Crippen LogP) is 4.47. The van der Waals surface area contributed by atoms with Crippen LogP contribution in [0.1, 0.15) is 11.1 Å². The molecule has 1 fully saturated rings. The third kappa shape index (κ3) is 4.43. The molecule has 1 heterocycles. The van der Waals surface area contributed by atoms with Crippen LogP contribution in [0.3, 0.4) is 0 Å². The van der Waals surface area contributed by atoms with E-state index < -0.39 is 11.2 Å². The van der Waals surface area contributed by atoms with Gasteiger partial charge in [-0.25, -0.2) is 0 Å². The standard InChI is InChI=1S/C21H17Cl2N3O2S/c1-12-3-7-15(8-4-12)26-20(28)18(9-13-5-6-14(22)10-17(13)23)29-21(26)16(11-24)19(27)25-2/h3-8,10,18H,9H2,1-2H3,(H,25,27)/b21-16-/t18-/m0/s1. The Bertz CT molecular complexity index is 1040. The molecule has 0 saturated carbocycles. The van der Waals surface area contributed by atoms with Crippen molar-refractivity contribution in [2.24, 2.45) is 0 Å². The van der Waals surface area contributed by atoms with E-state index >= 15 is 0 Å². The van der Waals surface area contributed by atoms with Gasteiger partial charge >= 0.3 is 0 Å². The molecule has 148 valence electrons. The Kier molecular flexibility index (Phi) is 6.53. The van der Waals surface area contributed by atoms with Crippen molar-refractivity contribution in [1.82, 2.24) is 5.32 Å². The van der Waals surface area contributed by atoms with Crippen LogP contribution in [0.5, 0.6) is 0 Å². The number of benzene rings is 2. The molecule has 1 atom stereocenters. The fraction of sp³-hybridized carbons (Fsp3) is 0.190.